The zero-order valence-electron chi connectivity index (χ0n) is 11.3. The summed E-state index contributed by atoms with van der Waals surface area (Å²) in [6.45, 7) is 1.17. The summed E-state index contributed by atoms with van der Waals surface area (Å²) in [6.07, 6.45) is 1.66. The van der Waals surface area contributed by atoms with Gasteiger partial charge in [0.1, 0.15) is 25.2 Å². The molecule has 4 heteroatoms. The van der Waals surface area contributed by atoms with Gasteiger partial charge in [0.25, 0.3) is 0 Å². The Morgan fingerprint density at radius 1 is 0.810 bits per heavy atom. The van der Waals surface area contributed by atoms with Crippen LogP contribution < -0.4 is 9.47 Å². The fourth-order valence-electron chi connectivity index (χ4n) is 2.46. The van der Waals surface area contributed by atoms with Crippen LogP contribution in [-0.2, 0) is 0 Å². The molecule has 4 rings (SSSR count). The van der Waals surface area contributed by atoms with E-state index in [4.69, 9.17) is 14.0 Å². The molecule has 0 bridgehead atoms. The first-order chi connectivity index (χ1) is 10.4. The van der Waals surface area contributed by atoms with E-state index in [1.165, 1.54) is 0 Å². The van der Waals surface area contributed by atoms with Crippen molar-refractivity contribution in [2.75, 3.05) is 13.2 Å². The van der Waals surface area contributed by atoms with E-state index in [-0.39, 0.29) is 0 Å². The highest BCUT2D eigenvalue weighted by Gasteiger charge is 2.16. The molecule has 0 atom stereocenters. The van der Waals surface area contributed by atoms with Gasteiger partial charge in [0.15, 0.2) is 11.5 Å². The molecule has 1 aromatic heterocycles. The molecule has 4 nitrogen and oxygen atoms in total. The lowest BCUT2D eigenvalue weighted by Crippen LogP contribution is -2.15. The van der Waals surface area contributed by atoms with Crippen LogP contribution in [0.3, 0.4) is 0 Å². The van der Waals surface area contributed by atoms with E-state index >= 15 is 0 Å². The highest BCUT2D eigenvalue weighted by molar-refractivity contribution is 5.80. The number of fused-ring (bicyclic) bond motifs is 1. The van der Waals surface area contributed by atoms with Crippen LogP contribution in [0.15, 0.2) is 59.3 Å². The smallest absolute Gasteiger partial charge is 0.161 e. The van der Waals surface area contributed by atoms with Crippen molar-refractivity contribution in [3.05, 3.63) is 54.8 Å². The number of hydrogen-bond acceptors (Lipinski definition) is 4. The van der Waals surface area contributed by atoms with Gasteiger partial charge in [0, 0.05) is 11.1 Å². The summed E-state index contributed by atoms with van der Waals surface area (Å²) >= 11 is 0. The SMILES string of the molecule is c1ccc(-c2nocc2-c2ccc3c(c2)OCCO3)cc1. The summed E-state index contributed by atoms with van der Waals surface area (Å²) in [6, 6.07) is 15.9. The second-order valence-electron chi connectivity index (χ2n) is 4.80. The zero-order valence-corrected chi connectivity index (χ0v) is 11.3. The molecule has 3 aromatic rings. The molecular formula is C17H13NO3. The van der Waals surface area contributed by atoms with Crippen LogP contribution in [0.1, 0.15) is 0 Å². The van der Waals surface area contributed by atoms with E-state index in [2.05, 4.69) is 5.16 Å². The highest BCUT2D eigenvalue weighted by atomic mass is 16.6. The van der Waals surface area contributed by atoms with Crippen LogP contribution in [0.4, 0.5) is 0 Å². The Kier molecular flexibility index (Phi) is 2.85. The zero-order chi connectivity index (χ0) is 14.1. The van der Waals surface area contributed by atoms with Gasteiger partial charge in [0.2, 0.25) is 0 Å². The second-order valence-corrected chi connectivity index (χ2v) is 4.80. The van der Waals surface area contributed by atoms with Crippen molar-refractivity contribution in [3.63, 3.8) is 0 Å². The number of hydrogen-bond donors (Lipinski definition) is 0. The molecule has 1 aliphatic heterocycles. The molecule has 0 saturated carbocycles. The summed E-state index contributed by atoms with van der Waals surface area (Å²) in [7, 11) is 0. The molecule has 0 saturated heterocycles. The molecule has 0 unspecified atom stereocenters. The van der Waals surface area contributed by atoms with E-state index in [0.29, 0.717) is 13.2 Å². The standard InChI is InChI=1S/C17H13NO3/c1-2-4-12(5-3-1)17-14(11-21-18-17)13-6-7-15-16(10-13)20-9-8-19-15/h1-7,10-11H,8-9H2. The van der Waals surface area contributed by atoms with Gasteiger partial charge in [-0.3, -0.25) is 0 Å². The first kappa shape index (κ1) is 12.0. The number of rotatable bonds is 2. The highest BCUT2D eigenvalue weighted by Crippen LogP contribution is 2.37. The van der Waals surface area contributed by atoms with Gasteiger partial charge in [-0.25, -0.2) is 0 Å². The maximum absolute atomic E-state index is 5.63. The van der Waals surface area contributed by atoms with Crippen LogP contribution in [0.25, 0.3) is 22.4 Å². The predicted octanol–water partition coefficient (Wildman–Crippen LogP) is 3.78. The molecule has 2 aromatic carbocycles. The van der Waals surface area contributed by atoms with Crippen molar-refractivity contribution in [3.8, 4) is 33.9 Å². The summed E-state index contributed by atoms with van der Waals surface area (Å²) in [5, 5.41) is 4.13. The Bertz CT molecular complexity index is 765. The molecule has 21 heavy (non-hydrogen) atoms. The summed E-state index contributed by atoms with van der Waals surface area (Å²) < 4.78 is 16.4. The Morgan fingerprint density at radius 2 is 1.62 bits per heavy atom. The first-order valence-electron chi connectivity index (χ1n) is 6.81. The largest absolute Gasteiger partial charge is 0.486 e. The van der Waals surface area contributed by atoms with Crippen LogP contribution >= 0.6 is 0 Å². The number of nitrogens with zero attached hydrogens (tertiary/aromatic N) is 1. The number of aromatic nitrogens is 1. The van der Waals surface area contributed by atoms with Gasteiger partial charge in [0.05, 0.1) is 0 Å². The number of ether oxygens (including phenoxy) is 2. The van der Waals surface area contributed by atoms with E-state index in [1.54, 1.807) is 6.26 Å². The van der Waals surface area contributed by atoms with Crippen LogP contribution in [-0.4, -0.2) is 18.4 Å². The molecule has 0 N–H and O–H groups in total. The molecule has 0 amide bonds. The van der Waals surface area contributed by atoms with Crippen molar-refractivity contribution in [1.29, 1.82) is 0 Å². The van der Waals surface area contributed by atoms with Gasteiger partial charge in [-0.2, -0.15) is 0 Å². The lowest BCUT2D eigenvalue weighted by Gasteiger charge is -2.18. The second kappa shape index (κ2) is 4.98. The maximum atomic E-state index is 5.63. The Labute approximate surface area is 121 Å². The van der Waals surface area contributed by atoms with Gasteiger partial charge in [-0.1, -0.05) is 41.6 Å². The minimum atomic E-state index is 0.575. The first-order valence-corrected chi connectivity index (χ1v) is 6.81. The van der Waals surface area contributed by atoms with Crippen molar-refractivity contribution in [2.45, 2.75) is 0 Å². The minimum Gasteiger partial charge on any atom is -0.486 e. The van der Waals surface area contributed by atoms with Crippen LogP contribution in [0.5, 0.6) is 11.5 Å². The molecule has 0 aliphatic carbocycles. The van der Waals surface area contributed by atoms with E-state index in [1.807, 2.05) is 48.5 Å². The average molecular weight is 279 g/mol. The third-order valence-corrected chi connectivity index (χ3v) is 3.47. The topological polar surface area (TPSA) is 44.5 Å². The van der Waals surface area contributed by atoms with Gasteiger partial charge >= 0.3 is 0 Å². The summed E-state index contributed by atoms with van der Waals surface area (Å²) in [4.78, 5) is 0. The minimum absolute atomic E-state index is 0.575. The fourth-order valence-corrected chi connectivity index (χ4v) is 2.46. The average Bonchev–Trinajstić information content (AvgIpc) is 3.05. The van der Waals surface area contributed by atoms with E-state index < -0.39 is 0 Å². The van der Waals surface area contributed by atoms with Gasteiger partial charge in [-0.05, 0) is 17.7 Å². The molecule has 0 fully saturated rings. The molecular weight excluding hydrogens is 266 g/mol. The predicted molar refractivity (Wildman–Crippen MR) is 78.4 cm³/mol. The third-order valence-electron chi connectivity index (χ3n) is 3.47. The number of benzene rings is 2. The Hall–Kier alpha value is -2.75. The van der Waals surface area contributed by atoms with Crippen LogP contribution in [0, 0.1) is 0 Å². The molecule has 0 spiro atoms. The van der Waals surface area contributed by atoms with E-state index in [0.717, 1.165) is 33.9 Å². The summed E-state index contributed by atoms with van der Waals surface area (Å²) in [5.41, 5.74) is 3.79. The molecule has 0 radical (unpaired) electrons. The third kappa shape index (κ3) is 2.14. The maximum Gasteiger partial charge on any atom is 0.161 e. The molecule has 1 aliphatic rings. The Morgan fingerprint density at radius 3 is 2.48 bits per heavy atom. The van der Waals surface area contributed by atoms with Crippen molar-refractivity contribution < 1.29 is 14.0 Å². The van der Waals surface area contributed by atoms with Crippen LogP contribution in [0.2, 0.25) is 0 Å². The lowest BCUT2D eigenvalue weighted by atomic mass is 10.0. The van der Waals surface area contributed by atoms with Gasteiger partial charge in [-0.15, -0.1) is 0 Å². The van der Waals surface area contributed by atoms with Crippen molar-refractivity contribution in [2.24, 2.45) is 0 Å². The van der Waals surface area contributed by atoms with Gasteiger partial charge < -0.3 is 14.0 Å². The van der Waals surface area contributed by atoms with Crippen molar-refractivity contribution in [1.82, 2.24) is 5.16 Å². The Balaban J connectivity index is 1.80. The monoisotopic (exact) mass is 279 g/mol. The van der Waals surface area contributed by atoms with E-state index in [9.17, 15) is 0 Å². The molecule has 2 heterocycles. The van der Waals surface area contributed by atoms with Crippen molar-refractivity contribution >= 4 is 0 Å². The molecule has 104 valence electrons. The normalized spacial score (nSPS) is 13.1. The fraction of sp³-hybridized carbons (Fsp3) is 0.118. The quantitative estimate of drug-likeness (QED) is 0.716. The lowest BCUT2D eigenvalue weighted by molar-refractivity contribution is 0.171. The summed E-state index contributed by atoms with van der Waals surface area (Å²) in [5.74, 6) is 1.54.